The van der Waals surface area contributed by atoms with Gasteiger partial charge in [0.25, 0.3) is 0 Å². The van der Waals surface area contributed by atoms with Gasteiger partial charge in [-0.2, -0.15) is 0 Å². The van der Waals surface area contributed by atoms with Gasteiger partial charge in [0.1, 0.15) is 6.61 Å². The molecule has 0 unspecified atom stereocenters. The van der Waals surface area contributed by atoms with Crippen molar-refractivity contribution in [2.75, 3.05) is 5.73 Å². The highest BCUT2D eigenvalue weighted by Gasteiger charge is 2.08. The minimum absolute atomic E-state index is 0.0977. The van der Waals surface area contributed by atoms with Gasteiger partial charge in [0.2, 0.25) is 0 Å². The normalized spacial score (nSPS) is 10.2. The average molecular weight is 236 g/mol. The Morgan fingerprint density at radius 1 is 1.18 bits per heavy atom. The first-order chi connectivity index (χ1) is 8.18. The summed E-state index contributed by atoms with van der Waals surface area (Å²) in [4.78, 5) is 3.82. The van der Waals surface area contributed by atoms with Crippen LogP contribution in [0.4, 0.5) is 14.6 Å². The largest absolute Gasteiger partial charge is 0.485 e. The molecule has 0 fully saturated rings. The molecule has 0 saturated heterocycles. The molecule has 0 amide bonds. The lowest BCUT2D eigenvalue weighted by Gasteiger charge is -2.08. The van der Waals surface area contributed by atoms with Gasteiger partial charge in [-0.05, 0) is 18.2 Å². The summed E-state index contributed by atoms with van der Waals surface area (Å²) in [5.41, 5.74) is 5.68. The van der Waals surface area contributed by atoms with Crippen molar-refractivity contribution in [2.45, 2.75) is 6.61 Å². The molecule has 0 radical (unpaired) electrons. The van der Waals surface area contributed by atoms with Crippen LogP contribution in [0, 0.1) is 11.6 Å². The van der Waals surface area contributed by atoms with E-state index in [0.717, 1.165) is 6.07 Å². The van der Waals surface area contributed by atoms with Crippen molar-refractivity contribution < 1.29 is 13.5 Å². The van der Waals surface area contributed by atoms with Crippen molar-refractivity contribution in [3.63, 3.8) is 0 Å². The van der Waals surface area contributed by atoms with E-state index in [1.807, 2.05) is 0 Å². The lowest BCUT2D eigenvalue weighted by molar-refractivity contribution is 0.298. The van der Waals surface area contributed by atoms with Crippen molar-refractivity contribution in [1.82, 2.24) is 4.98 Å². The van der Waals surface area contributed by atoms with Crippen molar-refractivity contribution in [1.29, 1.82) is 0 Å². The van der Waals surface area contributed by atoms with Crippen LogP contribution in [0.2, 0.25) is 0 Å². The molecule has 0 aliphatic heterocycles. The lowest BCUT2D eigenvalue weighted by Crippen LogP contribution is -2.02. The van der Waals surface area contributed by atoms with Crippen LogP contribution in [0.15, 0.2) is 36.5 Å². The Bertz CT molecular complexity index is 532. The van der Waals surface area contributed by atoms with E-state index in [-0.39, 0.29) is 18.0 Å². The SMILES string of the molecule is Nc1ncccc1OCc1cccc(F)c1F. The third kappa shape index (κ3) is 2.50. The third-order valence-electron chi connectivity index (χ3n) is 2.21. The summed E-state index contributed by atoms with van der Waals surface area (Å²) < 4.78 is 31.5. The molecule has 1 heterocycles. The second-order valence-electron chi connectivity index (χ2n) is 3.39. The van der Waals surface area contributed by atoms with E-state index in [0.29, 0.717) is 5.75 Å². The van der Waals surface area contributed by atoms with E-state index >= 15 is 0 Å². The van der Waals surface area contributed by atoms with Gasteiger partial charge in [-0.3, -0.25) is 0 Å². The number of halogens is 2. The Labute approximate surface area is 96.9 Å². The summed E-state index contributed by atoms with van der Waals surface area (Å²) in [7, 11) is 0. The standard InChI is InChI=1S/C12H10F2N2O/c13-9-4-1-3-8(11(9)14)7-17-10-5-2-6-16-12(10)15/h1-6H,7H2,(H2,15,16). The molecular formula is C12H10F2N2O. The zero-order valence-corrected chi connectivity index (χ0v) is 8.86. The number of nitrogen functional groups attached to an aromatic ring is 1. The molecule has 5 heteroatoms. The molecule has 2 N–H and O–H groups in total. The fraction of sp³-hybridized carbons (Fsp3) is 0.0833. The molecule has 17 heavy (non-hydrogen) atoms. The molecule has 1 aromatic carbocycles. The highest BCUT2D eigenvalue weighted by molar-refractivity contribution is 5.44. The van der Waals surface area contributed by atoms with Crippen LogP contribution in [0.3, 0.4) is 0 Å². The van der Waals surface area contributed by atoms with Gasteiger partial charge in [0.05, 0.1) is 0 Å². The van der Waals surface area contributed by atoms with E-state index in [9.17, 15) is 8.78 Å². The molecule has 1 aromatic heterocycles. The fourth-order valence-corrected chi connectivity index (χ4v) is 1.34. The van der Waals surface area contributed by atoms with E-state index in [4.69, 9.17) is 10.5 Å². The predicted octanol–water partition coefficient (Wildman–Crippen LogP) is 2.52. The smallest absolute Gasteiger partial charge is 0.166 e. The molecule has 0 atom stereocenters. The van der Waals surface area contributed by atoms with Crippen LogP contribution in [-0.2, 0) is 6.61 Å². The minimum atomic E-state index is -0.907. The third-order valence-corrected chi connectivity index (χ3v) is 2.21. The van der Waals surface area contributed by atoms with Gasteiger partial charge >= 0.3 is 0 Å². The van der Waals surface area contributed by atoms with E-state index in [1.165, 1.54) is 18.3 Å². The van der Waals surface area contributed by atoms with Gasteiger partial charge in [-0.25, -0.2) is 13.8 Å². The number of anilines is 1. The van der Waals surface area contributed by atoms with E-state index in [1.54, 1.807) is 12.1 Å². The molecule has 0 saturated carbocycles. The zero-order valence-electron chi connectivity index (χ0n) is 8.86. The lowest BCUT2D eigenvalue weighted by atomic mass is 10.2. The van der Waals surface area contributed by atoms with Crippen LogP contribution < -0.4 is 10.5 Å². The summed E-state index contributed by atoms with van der Waals surface area (Å²) in [6.45, 7) is -0.0977. The molecule has 0 aliphatic rings. The molecule has 2 aromatic rings. The second kappa shape index (κ2) is 4.78. The van der Waals surface area contributed by atoms with Gasteiger partial charge in [0, 0.05) is 11.8 Å². The van der Waals surface area contributed by atoms with Gasteiger partial charge in [-0.1, -0.05) is 12.1 Å². The fourth-order valence-electron chi connectivity index (χ4n) is 1.34. The number of aromatic nitrogens is 1. The Kier molecular flexibility index (Phi) is 3.18. The highest BCUT2D eigenvalue weighted by Crippen LogP contribution is 2.20. The number of rotatable bonds is 3. The molecule has 3 nitrogen and oxygen atoms in total. The monoisotopic (exact) mass is 236 g/mol. The van der Waals surface area contributed by atoms with Crippen LogP contribution in [0.5, 0.6) is 5.75 Å². The predicted molar refractivity (Wildman–Crippen MR) is 59.3 cm³/mol. The second-order valence-corrected chi connectivity index (χ2v) is 3.39. The van der Waals surface area contributed by atoms with Crippen molar-refractivity contribution in [3.8, 4) is 5.75 Å². The van der Waals surface area contributed by atoms with Crippen molar-refractivity contribution in [2.24, 2.45) is 0 Å². The average Bonchev–Trinajstić information content (AvgIpc) is 2.33. The number of pyridine rings is 1. The molecular weight excluding hydrogens is 226 g/mol. The van der Waals surface area contributed by atoms with E-state index < -0.39 is 11.6 Å². The maximum absolute atomic E-state index is 13.3. The summed E-state index contributed by atoms with van der Waals surface area (Å²) in [5.74, 6) is -1.25. The molecule has 2 rings (SSSR count). The maximum Gasteiger partial charge on any atom is 0.166 e. The summed E-state index contributed by atoms with van der Waals surface area (Å²) >= 11 is 0. The van der Waals surface area contributed by atoms with Crippen molar-refractivity contribution in [3.05, 3.63) is 53.7 Å². The molecule has 0 aliphatic carbocycles. The maximum atomic E-state index is 13.3. The highest BCUT2D eigenvalue weighted by atomic mass is 19.2. The van der Waals surface area contributed by atoms with E-state index in [2.05, 4.69) is 4.98 Å². The summed E-state index contributed by atoms with van der Waals surface area (Å²) in [5, 5.41) is 0. The number of nitrogens with two attached hydrogens (primary N) is 1. The van der Waals surface area contributed by atoms with Gasteiger partial charge in [-0.15, -0.1) is 0 Å². The number of nitrogens with zero attached hydrogens (tertiary/aromatic N) is 1. The van der Waals surface area contributed by atoms with Crippen LogP contribution in [0.1, 0.15) is 5.56 Å². The Morgan fingerprint density at radius 3 is 2.76 bits per heavy atom. The minimum Gasteiger partial charge on any atom is -0.485 e. The number of hydrogen-bond donors (Lipinski definition) is 1. The van der Waals surface area contributed by atoms with Gasteiger partial charge in [0.15, 0.2) is 23.2 Å². The van der Waals surface area contributed by atoms with Crippen molar-refractivity contribution >= 4 is 5.82 Å². The molecule has 88 valence electrons. The Balaban J connectivity index is 2.13. The Hall–Kier alpha value is -2.17. The number of ether oxygens (including phenoxy) is 1. The quantitative estimate of drug-likeness (QED) is 0.890. The Morgan fingerprint density at radius 2 is 2.00 bits per heavy atom. The molecule has 0 bridgehead atoms. The topological polar surface area (TPSA) is 48.1 Å². The number of hydrogen-bond acceptors (Lipinski definition) is 3. The molecule has 0 spiro atoms. The summed E-state index contributed by atoms with van der Waals surface area (Å²) in [6, 6.07) is 7.18. The first-order valence-corrected chi connectivity index (χ1v) is 4.94. The van der Waals surface area contributed by atoms with Gasteiger partial charge < -0.3 is 10.5 Å². The van der Waals surface area contributed by atoms with Crippen LogP contribution >= 0.6 is 0 Å². The zero-order chi connectivity index (χ0) is 12.3. The first-order valence-electron chi connectivity index (χ1n) is 4.94. The first kappa shape index (κ1) is 11.3. The summed E-state index contributed by atoms with van der Waals surface area (Å²) in [6.07, 6.45) is 1.52. The van der Waals surface area contributed by atoms with Crippen LogP contribution in [0.25, 0.3) is 0 Å². The van der Waals surface area contributed by atoms with Crippen LogP contribution in [-0.4, -0.2) is 4.98 Å². The number of benzene rings is 1.